The van der Waals surface area contributed by atoms with Crippen molar-refractivity contribution in [2.45, 2.75) is 26.4 Å². The molecule has 134 valence electrons. The Bertz CT molecular complexity index is 716. The normalized spacial score (nSPS) is 17.4. The molecule has 7 nitrogen and oxygen atoms in total. The highest BCUT2D eigenvalue weighted by molar-refractivity contribution is 5.74. The molecule has 0 aromatic carbocycles. The van der Waals surface area contributed by atoms with Crippen molar-refractivity contribution < 1.29 is 18.7 Å². The predicted octanol–water partition coefficient (Wildman–Crippen LogP) is 2.66. The van der Waals surface area contributed by atoms with E-state index in [2.05, 4.69) is 10.3 Å². The number of nitrogens with one attached hydrogen (secondary N) is 1. The molecule has 1 atom stereocenters. The number of urea groups is 1. The lowest BCUT2D eigenvalue weighted by Crippen LogP contribution is -2.47. The summed E-state index contributed by atoms with van der Waals surface area (Å²) in [5, 5.41) is 2.94. The number of morpholine rings is 1. The van der Waals surface area contributed by atoms with Crippen molar-refractivity contribution in [2.24, 2.45) is 0 Å². The second-order valence-electron chi connectivity index (χ2n) is 5.79. The molecule has 0 unspecified atom stereocenters. The quantitative estimate of drug-likeness (QED) is 0.901. The topological polar surface area (TPSA) is 76.8 Å². The Morgan fingerprint density at radius 2 is 2.32 bits per heavy atom. The monoisotopic (exact) mass is 345 g/mol. The first-order valence-electron chi connectivity index (χ1n) is 8.44. The smallest absolute Gasteiger partial charge is 0.318 e. The molecule has 1 aliphatic rings. The molecule has 1 saturated heterocycles. The van der Waals surface area contributed by atoms with E-state index in [0.29, 0.717) is 38.8 Å². The number of hydrogen-bond acceptors (Lipinski definition) is 5. The first kappa shape index (κ1) is 17.3. The van der Waals surface area contributed by atoms with E-state index in [1.54, 1.807) is 11.1 Å². The van der Waals surface area contributed by atoms with E-state index in [0.717, 1.165) is 17.1 Å². The predicted molar refractivity (Wildman–Crippen MR) is 91.4 cm³/mol. The van der Waals surface area contributed by atoms with Crippen LogP contribution in [0, 0.1) is 6.92 Å². The molecule has 0 spiro atoms. The Hall–Kier alpha value is -2.54. The van der Waals surface area contributed by atoms with E-state index < -0.39 is 0 Å². The van der Waals surface area contributed by atoms with Gasteiger partial charge in [0.2, 0.25) is 5.88 Å². The number of carbonyl (C=O) groups excluding carboxylic acids is 1. The van der Waals surface area contributed by atoms with Gasteiger partial charge in [-0.05, 0) is 32.0 Å². The van der Waals surface area contributed by atoms with Gasteiger partial charge in [-0.3, -0.25) is 0 Å². The molecule has 2 aromatic heterocycles. The molecule has 0 saturated carbocycles. The molecule has 1 aliphatic heterocycles. The Morgan fingerprint density at radius 1 is 1.44 bits per heavy atom. The molecule has 3 heterocycles. The summed E-state index contributed by atoms with van der Waals surface area (Å²) in [6.07, 6.45) is 1.67. The maximum Gasteiger partial charge on any atom is 0.318 e. The van der Waals surface area contributed by atoms with Crippen LogP contribution in [0.1, 0.15) is 30.0 Å². The second-order valence-corrected chi connectivity index (χ2v) is 5.79. The third-order valence-corrected chi connectivity index (χ3v) is 4.04. The van der Waals surface area contributed by atoms with Crippen molar-refractivity contribution in [1.29, 1.82) is 0 Å². The second kappa shape index (κ2) is 8.02. The van der Waals surface area contributed by atoms with Crippen LogP contribution < -0.4 is 10.1 Å². The van der Waals surface area contributed by atoms with Gasteiger partial charge in [0.25, 0.3) is 0 Å². The van der Waals surface area contributed by atoms with Gasteiger partial charge in [0, 0.05) is 24.8 Å². The number of ether oxygens (including phenoxy) is 2. The number of carbonyl (C=O) groups is 1. The molecule has 25 heavy (non-hydrogen) atoms. The van der Waals surface area contributed by atoms with E-state index >= 15 is 0 Å². The van der Waals surface area contributed by atoms with Gasteiger partial charge >= 0.3 is 6.03 Å². The van der Waals surface area contributed by atoms with E-state index in [9.17, 15) is 4.79 Å². The molecule has 3 rings (SSSR count). The van der Waals surface area contributed by atoms with Crippen LogP contribution in [0.15, 0.2) is 34.9 Å². The number of aryl methyl sites for hydroxylation is 1. The van der Waals surface area contributed by atoms with Crippen molar-refractivity contribution in [2.75, 3.05) is 26.4 Å². The molecule has 0 radical (unpaired) electrons. The summed E-state index contributed by atoms with van der Waals surface area (Å²) in [5.74, 6) is 2.10. The molecule has 2 amide bonds. The van der Waals surface area contributed by atoms with Crippen molar-refractivity contribution in [3.63, 3.8) is 0 Å². The molecule has 0 aliphatic carbocycles. The summed E-state index contributed by atoms with van der Waals surface area (Å²) in [5.41, 5.74) is 0.844. The maximum absolute atomic E-state index is 12.7. The van der Waals surface area contributed by atoms with Gasteiger partial charge in [0.1, 0.15) is 17.6 Å². The van der Waals surface area contributed by atoms with Crippen molar-refractivity contribution in [1.82, 2.24) is 15.2 Å². The van der Waals surface area contributed by atoms with E-state index in [4.69, 9.17) is 13.9 Å². The minimum atomic E-state index is -0.220. The molecule has 0 bridgehead atoms. The number of pyridine rings is 1. The molecule has 1 N–H and O–H groups in total. The number of nitrogens with zero attached hydrogens (tertiary/aromatic N) is 2. The number of rotatable bonds is 5. The summed E-state index contributed by atoms with van der Waals surface area (Å²) in [6.45, 7) is 6.13. The highest BCUT2D eigenvalue weighted by atomic mass is 16.5. The van der Waals surface area contributed by atoms with Crippen LogP contribution in [0.3, 0.4) is 0 Å². The van der Waals surface area contributed by atoms with Crippen LogP contribution in [-0.2, 0) is 11.3 Å². The fraction of sp³-hybridized carbons (Fsp3) is 0.444. The van der Waals surface area contributed by atoms with Gasteiger partial charge in [-0.25, -0.2) is 9.78 Å². The fourth-order valence-electron chi connectivity index (χ4n) is 2.81. The van der Waals surface area contributed by atoms with Crippen molar-refractivity contribution in [3.05, 3.63) is 47.5 Å². The Morgan fingerprint density at radius 3 is 3.08 bits per heavy atom. The van der Waals surface area contributed by atoms with Gasteiger partial charge < -0.3 is 24.1 Å². The van der Waals surface area contributed by atoms with Crippen LogP contribution in [0.25, 0.3) is 0 Å². The van der Waals surface area contributed by atoms with Crippen molar-refractivity contribution in [3.8, 4) is 5.88 Å². The zero-order valence-electron chi connectivity index (χ0n) is 14.5. The highest BCUT2D eigenvalue weighted by Gasteiger charge is 2.30. The number of amides is 2. The lowest BCUT2D eigenvalue weighted by Gasteiger charge is -2.34. The number of furan rings is 1. The molecular formula is C18H23N3O4. The fourth-order valence-corrected chi connectivity index (χ4v) is 2.81. The first-order chi connectivity index (χ1) is 12.2. The van der Waals surface area contributed by atoms with Crippen LogP contribution in [0.5, 0.6) is 5.88 Å². The largest absolute Gasteiger partial charge is 0.478 e. The van der Waals surface area contributed by atoms with Crippen LogP contribution in [-0.4, -0.2) is 42.3 Å². The average molecular weight is 345 g/mol. The third-order valence-electron chi connectivity index (χ3n) is 4.04. The maximum atomic E-state index is 12.7. The summed E-state index contributed by atoms with van der Waals surface area (Å²) >= 11 is 0. The first-order valence-corrected chi connectivity index (χ1v) is 8.44. The number of hydrogen-bond donors (Lipinski definition) is 1. The van der Waals surface area contributed by atoms with Crippen LogP contribution >= 0.6 is 0 Å². The standard InChI is InChI=1S/C18H23N3O4/c1-3-24-17-14(5-4-8-19-17)11-20-18(22)21-9-10-23-12-15(21)16-7-6-13(2)25-16/h4-8,15H,3,9-12H2,1-2H3,(H,20,22)/t15-/m0/s1. The molecule has 7 heteroatoms. The zero-order chi connectivity index (χ0) is 17.6. The van der Waals surface area contributed by atoms with Gasteiger partial charge in [0.05, 0.1) is 19.8 Å². The molecule has 2 aromatic rings. The Kier molecular flexibility index (Phi) is 5.55. The van der Waals surface area contributed by atoms with Gasteiger partial charge in [0.15, 0.2) is 0 Å². The van der Waals surface area contributed by atoms with Gasteiger partial charge in [-0.1, -0.05) is 6.07 Å². The summed E-state index contributed by atoms with van der Waals surface area (Å²) in [7, 11) is 0. The third kappa shape index (κ3) is 4.11. The minimum Gasteiger partial charge on any atom is -0.478 e. The van der Waals surface area contributed by atoms with Crippen LogP contribution in [0.4, 0.5) is 4.79 Å². The van der Waals surface area contributed by atoms with E-state index in [1.807, 2.05) is 38.1 Å². The summed E-state index contributed by atoms with van der Waals surface area (Å²) < 4.78 is 16.7. The highest BCUT2D eigenvalue weighted by Crippen LogP contribution is 2.26. The van der Waals surface area contributed by atoms with E-state index in [-0.39, 0.29) is 12.1 Å². The van der Waals surface area contributed by atoms with E-state index in [1.165, 1.54) is 0 Å². The summed E-state index contributed by atoms with van der Waals surface area (Å²) in [4.78, 5) is 18.6. The Balaban J connectivity index is 1.67. The Labute approximate surface area is 146 Å². The zero-order valence-corrected chi connectivity index (χ0v) is 14.5. The number of aromatic nitrogens is 1. The lowest BCUT2D eigenvalue weighted by molar-refractivity contribution is 0.00399. The van der Waals surface area contributed by atoms with Gasteiger partial charge in [-0.15, -0.1) is 0 Å². The molecule has 1 fully saturated rings. The molecular weight excluding hydrogens is 322 g/mol. The summed E-state index contributed by atoms with van der Waals surface area (Å²) in [6, 6.07) is 7.13. The van der Waals surface area contributed by atoms with Gasteiger partial charge in [-0.2, -0.15) is 0 Å². The SMILES string of the molecule is CCOc1ncccc1CNC(=O)N1CCOC[C@H]1c1ccc(C)o1. The lowest BCUT2D eigenvalue weighted by atomic mass is 10.2. The minimum absolute atomic E-state index is 0.159. The van der Waals surface area contributed by atoms with Crippen molar-refractivity contribution >= 4 is 6.03 Å². The average Bonchev–Trinajstić information content (AvgIpc) is 3.07. The van der Waals surface area contributed by atoms with Crippen LogP contribution in [0.2, 0.25) is 0 Å².